The summed E-state index contributed by atoms with van der Waals surface area (Å²) in [4.78, 5) is 2.51. The first-order chi connectivity index (χ1) is 7.39. The number of rotatable bonds is 8. The van der Waals surface area contributed by atoms with E-state index in [9.17, 15) is 8.42 Å². The van der Waals surface area contributed by atoms with Gasteiger partial charge in [-0.15, -0.1) is 0 Å². The van der Waals surface area contributed by atoms with Gasteiger partial charge in [0.1, 0.15) is 6.54 Å². The third-order valence-corrected chi connectivity index (χ3v) is 1.89. The third kappa shape index (κ3) is 5.89. The predicted molar refractivity (Wildman–Crippen MR) is 55.9 cm³/mol. The molecule has 0 radical (unpaired) electrons. The second-order valence-electron chi connectivity index (χ2n) is 2.73. The molecule has 0 N–H and O–H groups in total. The van der Waals surface area contributed by atoms with Crippen LogP contribution in [0.3, 0.4) is 0 Å². The molecule has 9 heteroatoms. The molecule has 0 saturated carbocycles. The van der Waals surface area contributed by atoms with E-state index < -0.39 is 22.6 Å². The van der Waals surface area contributed by atoms with Crippen LogP contribution in [0.2, 0.25) is 0 Å². The Morgan fingerprint density at radius 3 is 2.12 bits per heavy atom. The van der Waals surface area contributed by atoms with Crippen molar-refractivity contribution >= 4 is 10.1 Å². The summed E-state index contributed by atoms with van der Waals surface area (Å²) in [6.45, 7) is 3.18. The summed E-state index contributed by atoms with van der Waals surface area (Å²) in [6, 6.07) is 0. The van der Waals surface area contributed by atoms with Crippen molar-refractivity contribution in [3.8, 4) is 0 Å². The van der Waals surface area contributed by atoms with Crippen LogP contribution in [0.15, 0.2) is 5.11 Å². The molecule has 0 fully saturated rings. The minimum Gasteiger partial charge on any atom is -0.327 e. The molecule has 94 valence electrons. The van der Waals surface area contributed by atoms with E-state index in [2.05, 4.69) is 14.2 Å². The van der Waals surface area contributed by atoms with Crippen LogP contribution in [0.1, 0.15) is 13.8 Å². The molecule has 0 rings (SSSR count). The summed E-state index contributed by atoms with van der Waals surface area (Å²) in [5.74, 6) is -1.87. The van der Waals surface area contributed by atoms with Crippen LogP contribution in [0.4, 0.5) is 0 Å². The zero-order chi connectivity index (χ0) is 12.7. The fourth-order valence-electron chi connectivity index (χ4n) is 0.996. The van der Waals surface area contributed by atoms with Crippen molar-refractivity contribution in [1.82, 2.24) is 0 Å². The monoisotopic (exact) mass is 253 g/mol. The summed E-state index contributed by atoms with van der Waals surface area (Å²) in [5.41, 5.74) is 8.21. The number of hydrogen-bond donors (Lipinski definition) is 0. The van der Waals surface area contributed by atoms with E-state index in [1.807, 2.05) is 0 Å². The van der Waals surface area contributed by atoms with Gasteiger partial charge in [0, 0.05) is 18.1 Å². The standard InChI is InChI=1S/C7H15N3O5S/c1-4-13-7(14-5-2,6-9-10-8)15-16(3,11)12/h4-6H2,1-3H3. The Morgan fingerprint density at radius 2 is 1.81 bits per heavy atom. The van der Waals surface area contributed by atoms with E-state index in [4.69, 9.17) is 15.0 Å². The Hall–Kier alpha value is -0.860. The van der Waals surface area contributed by atoms with Gasteiger partial charge in [0.25, 0.3) is 10.1 Å². The summed E-state index contributed by atoms with van der Waals surface area (Å²) >= 11 is 0. The van der Waals surface area contributed by atoms with Crippen molar-refractivity contribution in [3.63, 3.8) is 0 Å². The molecule has 0 amide bonds. The maximum absolute atomic E-state index is 11.0. The van der Waals surface area contributed by atoms with Gasteiger partial charge in [0.15, 0.2) is 0 Å². The van der Waals surface area contributed by atoms with E-state index in [1.165, 1.54) is 0 Å². The van der Waals surface area contributed by atoms with Crippen LogP contribution in [0, 0.1) is 0 Å². The quantitative estimate of drug-likeness (QED) is 0.210. The average Bonchev–Trinajstić information content (AvgIpc) is 2.13. The predicted octanol–water partition coefficient (Wildman–Crippen LogP) is 1.000. The summed E-state index contributed by atoms with van der Waals surface area (Å²) < 4.78 is 36.9. The van der Waals surface area contributed by atoms with Gasteiger partial charge in [-0.25, -0.2) is 4.18 Å². The number of ether oxygens (including phenoxy) is 2. The van der Waals surface area contributed by atoms with Crippen molar-refractivity contribution in [3.05, 3.63) is 10.4 Å². The first-order valence-electron chi connectivity index (χ1n) is 4.58. The topological polar surface area (TPSA) is 111 Å². The lowest BCUT2D eigenvalue weighted by atomic mass is 10.5. The van der Waals surface area contributed by atoms with Gasteiger partial charge in [-0.3, -0.25) is 0 Å². The van der Waals surface area contributed by atoms with Crippen molar-refractivity contribution < 1.29 is 22.1 Å². The van der Waals surface area contributed by atoms with Gasteiger partial charge in [-0.1, -0.05) is 5.11 Å². The highest BCUT2D eigenvalue weighted by molar-refractivity contribution is 7.86. The molecular formula is C7H15N3O5S. The lowest BCUT2D eigenvalue weighted by Crippen LogP contribution is -2.43. The average molecular weight is 253 g/mol. The van der Waals surface area contributed by atoms with Gasteiger partial charge in [-0.2, -0.15) is 8.42 Å². The molecular weight excluding hydrogens is 238 g/mol. The number of azide groups is 1. The molecule has 0 saturated heterocycles. The largest absolute Gasteiger partial charge is 0.327 e. The lowest BCUT2D eigenvalue weighted by Gasteiger charge is -2.29. The van der Waals surface area contributed by atoms with Crippen molar-refractivity contribution in [1.29, 1.82) is 0 Å². The molecule has 0 heterocycles. The van der Waals surface area contributed by atoms with Crippen LogP contribution in [0.5, 0.6) is 0 Å². The van der Waals surface area contributed by atoms with Gasteiger partial charge < -0.3 is 9.47 Å². The van der Waals surface area contributed by atoms with Gasteiger partial charge >= 0.3 is 5.97 Å². The van der Waals surface area contributed by atoms with Gasteiger partial charge in [-0.05, 0) is 19.4 Å². The molecule has 0 spiro atoms. The number of nitrogens with zero attached hydrogens (tertiary/aromatic N) is 3. The SMILES string of the molecule is CCOC(CN=[N+]=[N-])(OCC)OS(C)(=O)=O. The zero-order valence-corrected chi connectivity index (χ0v) is 10.2. The first-order valence-corrected chi connectivity index (χ1v) is 6.40. The third-order valence-electron chi connectivity index (χ3n) is 1.33. The second-order valence-corrected chi connectivity index (χ2v) is 4.30. The second kappa shape index (κ2) is 6.66. The van der Waals surface area contributed by atoms with Crippen LogP contribution >= 0.6 is 0 Å². The van der Waals surface area contributed by atoms with E-state index >= 15 is 0 Å². The maximum atomic E-state index is 11.0. The molecule has 0 aliphatic heterocycles. The highest BCUT2D eigenvalue weighted by atomic mass is 32.2. The Balaban J connectivity index is 4.97. The molecule has 0 aliphatic carbocycles. The van der Waals surface area contributed by atoms with E-state index in [0.29, 0.717) is 0 Å². The van der Waals surface area contributed by atoms with Gasteiger partial charge in [0.2, 0.25) is 0 Å². The van der Waals surface area contributed by atoms with E-state index in [1.54, 1.807) is 13.8 Å². The van der Waals surface area contributed by atoms with E-state index in [0.717, 1.165) is 6.26 Å². The summed E-state index contributed by atoms with van der Waals surface area (Å²) in [6.07, 6.45) is 0.857. The summed E-state index contributed by atoms with van der Waals surface area (Å²) in [5, 5.41) is 3.21. The Labute approximate surface area is 94.2 Å². The Morgan fingerprint density at radius 1 is 1.31 bits per heavy atom. The minimum absolute atomic E-state index is 0.149. The maximum Gasteiger partial charge on any atom is 0.303 e. The molecule has 0 atom stereocenters. The Bertz CT molecular complexity index is 343. The van der Waals surface area contributed by atoms with Crippen LogP contribution in [-0.4, -0.2) is 40.4 Å². The van der Waals surface area contributed by atoms with Crippen LogP contribution < -0.4 is 0 Å². The Kier molecular flexibility index (Phi) is 6.31. The molecule has 0 aromatic carbocycles. The molecule has 16 heavy (non-hydrogen) atoms. The fourth-order valence-corrected chi connectivity index (χ4v) is 1.61. The first kappa shape index (κ1) is 15.1. The van der Waals surface area contributed by atoms with Crippen molar-refractivity contribution in [2.75, 3.05) is 26.0 Å². The molecule has 0 aromatic heterocycles. The molecule has 0 aromatic rings. The minimum atomic E-state index is -3.79. The van der Waals surface area contributed by atoms with E-state index in [-0.39, 0.29) is 13.2 Å². The van der Waals surface area contributed by atoms with Crippen molar-refractivity contribution in [2.24, 2.45) is 5.11 Å². The van der Waals surface area contributed by atoms with Crippen LogP contribution in [0.25, 0.3) is 10.4 Å². The summed E-state index contributed by atoms with van der Waals surface area (Å²) in [7, 11) is -3.79. The normalized spacial score (nSPS) is 12.2. The van der Waals surface area contributed by atoms with Crippen molar-refractivity contribution in [2.45, 2.75) is 19.8 Å². The molecule has 0 unspecified atom stereocenters. The lowest BCUT2D eigenvalue weighted by molar-refractivity contribution is -0.331. The smallest absolute Gasteiger partial charge is 0.303 e. The highest BCUT2D eigenvalue weighted by Crippen LogP contribution is 2.19. The fraction of sp³-hybridized carbons (Fsp3) is 1.00. The highest BCUT2D eigenvalue weighted by Gasteiger charge is 2.36. The molecule has 0 bridgehead atoms. The van der Waals surface area contributed by atoms with Crippen LogP contribution in [-0.2, 0) is 23.8 Å². The number of hydrogen-bond acceptors (Lipinski definition) is 6. The molecule has 8 nitrogen and oxygen atoms in total. The molecule has 0 aliphatic rings. The zero-order valence-electron chi connectivity index (χ0n) is 9.41. The van der Waals surface area contributed by atoms with Gasteiger partial charge in [0.05, 0.1) is 6.26 Å².